The molecule has 0 spiro atoms. The van der Waals surface area contributed by atoms with Gasteiger partial charge in [-0.05, 0) is 31.4 Å². The summed E-state index contributed by atoms with van der Waals surface area (Å²) in [6, 6.07) is 7.45. The van der Waals surface area contributed by atoms with Crippen molar-refractivity contribution in [2.75, 3.05) is 19.6 Å². The number of hydrogen-bond donors (Lipinski definition) is 1. The van der Waals surface area contributed by atoms with Crippen LogP contribution in [-0.2, 0) is 6.54 Å². The van der Waals surface area contributed by atoms with E-state index in [1.165, 1.54) is 36.2 Å². The first kappa shape index (κ1) is 12.6. The molecule has 1 aliphatic rings. The van der Waals surface area contributed by atoms with Crippen LogP contribution in [0.25, 0.3) is 0 Å². The van der Waals surface area contributed by atoms with Crippen molar-refractivity contribution in [1.82, 2.24) is 10.2 Å². The maximum atomic E-state index is 3.57. The van der Waals surface area contributed by atoms with E-state index in [9.17, 15) is 0 Å². The van der Waals surface area contributed by atoms with Crippen molar-refractivity contribution in [2.24, 2.45) is 0 Å². The summed E-state index contributed by atoms with van der Waals surface area (Å²) in [7, 11) is 0. The third-order valence-electron chi connectivity index (χ3n) is 3.73. The van der Waals surface area contributed by atoms with Gasteiger partial charge in [0, 0.05) is 32.2 Å². The first-order valence-corrected chi connectivity index (χ1v) is 6.71. The third-order valence-corrected chi connectivity index (χ3v) is 3.73. The topological polar surface area (TPSA) is 15.3 Å². The highest BCUT2D eigenvalue weighted by atomic mass is 15.2. The molecule has 1 unspecified atom stereocenters. The molecule has 1 aliphatic heterocycles. The summed E-state index contributed by atoms with van der Waals surface area (Å²) in [5.74, 6) is 0. The second-order valence-corrected chi connectivity index (χ2v) is 5.22. The lowest BCUT2D eigenvalue weighted by Gasteiger charge is -2.33. The van der Waals surface area contributed by atoms with Gasteiger partial charge in [0.1, 0.15) is 0 Å². The van der Waals surface area contributed by atoms with Crippen LogP contribution in [0.3, 0.4) is 0 Å². The molecule has 1 fully saturated rings. The van der Waals surface area contributed by atoms with Crippen LogP contribution in [0.2, 0.25) is 0 Å². The molecule has 1 heterocycles. The van der Waals surface area contributed by atoms with Gasteiger partial charge in [-0.3, -0.25) is 4.90 Å². The number of hydrogen-bond acceptors (Lipinski definition) is 2. The van der Waals surface area contributed by atoms with Crippen molar-refractivity contribution < 1.29 is 0 Å². The van der Waals surface area contributed by atoms with Crippen molar-refractivity contribution >= 4 is 0 Å². The Hall–Kier alpha value is -0.860. The lowest BCUT2D eigenvalue weighted by Crippen LogP contribution is -2.49. The molecule has 94 valence electrons. The minimum Gasteiger partial charge on any atom is -0.311 e. The molecule has 0 aromatic heterocycles. The number of piperazine rings is 1. The molecule has 2 heteroatoms. The summed E-state index contributed by atoms with van der Waals surface area (Å²) in [4.78, 5) is 2.58. The molecule has 1 aromatic carbocycles. The van der Waals surface area contributed by atoms with E-state index in [0.29, 0.717) is 6.04 Å². The zero-order chi connectivity index (χ0) is 12.3. The Morgan fingerprint density at radius 1 is 1.35 bits per heavy atom. The molecule has 1 saturated heterocycles. The van der Waals surface area contributed by atoms with Gasteiger partial charge in [0.25, 0.3) is 0 Å². The third kappa shape index (κ3) is 3.30. The van der Waals surface area contributed by atoms with Gasteiger partial charge in [-0.1, -0.05) is 30.7 Å². The molecule has 1 aromatic rings. The Balaban J connectivity index is 2.02. The van der Waals surface area contributed by atoms with Crippen LogP contribution >= 0.6 is 0 Å². The van der Waals surface area contributed by atoms with Crippen LogP contribution in [0.15, 0.2) is 18.2 Å². The molecule has 17 heavy (non-hydrogen) atoms. The Bertz CT molecular complexity index is 373. The van der Waals surface area contributed by atoms with Gasteiger partial charge in [-0.15, -0.1) is 0 Å². The number of nitrogens with one attached hydrogen (secondary N) is 1. The number of nitrogens with zero attached hydrogens (tertiary/aromatic N) is 1. The fourth-order valence-electron chi connectivity index (χ4n) is 2.52. The summed E-state index contributed by atoms with van der Waals surface area (Å²) >= 11 is 0. The van der Waals surface area contributed by atoms with Gasteiger partial charge in [0.2, 0.25) is 0 Å². The molecule has 2 nitrogen and oxygen atoms in total. The summed E-state index contributed by atoms with van der Waals surface area (Å²) in [5, 5.41) is 3.57. The fourth-order valence-corrected chi connectivity index (χ4v) is 2.52. The highest BCUT2D eigenvalue weighted by molar-refractivity contribution is 5.30. The summed E-state index contributed by atoms with van der Waals surface area (Å²) in [6.07, 6.45) is 1.23. The van der Waals surface area contributed by atoms with Crippen LogP contribution in [0.4, 0.5) is 0 Å². The van der Waals surface area contributed by atoms with Gasteiger partial charge >= 0.3 is 0 Å². The Labute approximate surface area is 105 Å². The number of aryl methyl sites for hydroxylation is 2. The maximum absolute atomic E-state index is 3.57. The van der Waals surface area contributed by atoms with Gasteiger partial charge in [0.15, 0.2) is 0 Å². The first-order chi connectivity index (χ1) is 8.19. The van der Waals surface area contributed by atoms with Crippen molar-refractivity contribution in [3.05, 3.63) is 34.9 Å². The standard InChI is InChI=1S/C15H24N2/c1-4-15-11-17(8-7-16-15)10-14-9-12(2)5-6-13(14)3/h5-6,9,15-16H,4,7-8,10-11H2,1-3H3. The summed E-state index contributed by atoms with van der Waals surface area (Å²) in [5.41, 5.74) is 4.27. The number of rotatable bonds is 3. The van der Waals surface area contributed by atoms with E-state index in [1.54, 1.807) is 0 Å². The molecule has 0 saturated carbocycles. The smallest absolute Gasteiger partial charge is 0.0237 e. The normalized spacial score (nSPS) is 21.7. The predicted molar refractivity (Wildman–Crippen MR) is 73.3 cm³/mol. The predicted octanol–water partition coefficient (Wildman–Crippen LogP) is 2.49. The minimum absolute atomic E-state index is 0.675. The molecule has 0 bridgehead atoms. The molecule has 0 aliphatic carbocycles. The monoisotopic (exact) mass is 232 g/mol. The van der Waals surface area contributed by atoms with Crippen molar-refractivity contribution in [2.45, 2.75) is 39.8 Å². The van der Waals surface area contributed by atoms with E-state index in [2.05, 4.69) is 49.2 Å². The maximum Gasteiger partial charge on any atom is 0.0237 e. The molecule has 1 N–H and O–H groups in total. The van der Waals surface area contributed by atoms with E-state index < -0.39 is 0 Å². The van der Waals surface area contributed by atoms with Gasteiger partial charge in [0.05, 0.1) is 0 Å². The highest BCUT2D eigenvalue weighted by Gasteiger charge is 2.18. The van der Waals surface area contributed by atoms with Crippen molar-refractivity contribution in [3.8, 4) is 0 Å². The second kappa shape index (κ2) is 5.65. The first-order valence-electron chi connectivity index (χ1n) is 6.71. The zero-order valence-electron chi connectivity index (χ0n) is 11.3. The molecule has 0 amide bonds. The van der Waals surface area contributed by atoms with Crippen LogP contribution in [0.1, 0.15) is 30.0 Å². The second-order valence-electron chi connectivity index (χ2n) is 5.22. The lowest BCUT2D eigenvalue weighted by molar-refractivity contribution is 0.189. The van der Waals surface area contributed by atoms with Crippen molar-refractivity contribution in [3.63, 3.8) is 0 Å². The van der Waals surface area contributed by atoms with Crippen molar-refractivity contribution in [1.29, 1.82) is 0 Å². The summed E-state index contributed by atoms with van der Waals surface area (Å²) in [6.45, 7) is 11.2. The Morgan fingerprint density at radius 2 is 2.18 bits per heavy atom. The van der Waals surface area contributed by atoms with Crippen LogP contribution in [-0.4, -0.2) is 30.6 Å². The molecule has 2 rings (SSSR count). The van der Waals surface area contributed by atoms with E-state index in [1.807, 2.05) is 0 Å². The molecular weight excluding hydrogens is 208 g/mol. The lowest BCUT2D eigenvalue weighted by atomic mass is 10.0. The average molecular weight is 232 g/mol. The van der Waals surface area contributed by atoms with E-state index in [-0.39, 0.29) is 0 Å². The largest absolute Gasteiger partial charge is 0.311 e. The minimum atomic E-state index is 0.675. The average Bonchev–Trinajstić information content (AvgIpc) is 2.34. The fraction of sp³-hybridized carbons (Fsp3) is 0.600. The van der Waals surface area contributed by atoms with E-state index in [0.717, 1.165) is 13.1 Å². The molecule has 1 atom stereocenters. The SMILES string of the molecule is CCC1CN(Cc2cc(C)ccc2C)CCN1. The Kier molecular flexibility index (Phi) is 4.19. The Morgan fingerprint density at radius 3 is 2.94 bits per heavy atom. The number of benzene rings is 1. The highest BCUT2D eigenvalue weighted by Crippen LogP contribution is 2.14. The molecular formula is C15H24N2. The van der Waals surface area contributed by atoms with Gasteiger partial charge < -0.3 is 5.32 Å². The van der Waals surface area contributed by atoms with Crippen LogP contribution in [0, 0.1) is 13.8 Å². The van der Waals surface area contributed by atoms with Gasteiger partial charge in [-0.25, -0.2) is 0 Å². The van der Waals surface area contributed by atoms with Gasteiger partial charge in [-0.2, -0.15) is 0 Å². The van der Waals surface area contributed by atoms with Crippen LogP contribution < -0.4 is 5.32 Å². The van der Waals surface area contributed by atoms with E-state index >= 15 is 0 Å². The molecule has 0 radical (unpaired) electrons. The van der Waals surface area contributed by atoms with Crippen LogP contribution in [0.5, 0.6) is 0 Å². The quantitative estimate of drug-likeness (QED) is 0.861. The van der Waals surface area contributed by atoms with E-state index in [4.69, 9.17) is 0 Å². The zero-order valence-corrected chi connectivity index (χ0v) is 11.3. The summed E-state index contributed by atoms with van der Waals surface area (Å²) < 4.78 is 0.